The van der Waals surface area contributed by atoms with Crippen LogP contribution in [0.5, 0.6) is 0 Å². The molecule has 1 saturated heterocycles. The number of aliphatic hydroxyl groups is 10. The summed E-state index contributed by atoms with van der Waals surface area (Å²) in [6.07, 6.45) is 8.55. The molecule has 7 unspecified atom stereocenters. The van der Waals surface area contributed by atoms with Crippen LogP contribution in [-0.4, -0.2) is 161 Å². The van der Waals surface area contributed by atoms with Crippen molar-refractivity contribution in [2.45, 2.75) is 298 Å². The lowest BCUT2D eigenvalue weighted by Gasteiger charge is -2.47. The third kappa shape index (κ3) is 25.7. The van der Waals surface area contributed by atoms with Crippen LogP contribution in [0.4, 0.5) is 0 Å². The molecule has 2 fully saturated rings. The average molecular weight is 1020 g/mol. The van der Waals surface area contributed by atoms with Gasteiger partial charge >= 0.3 is 7.82 Å². The highest BCUT2D eigenvalue weighted by Crippen LogP contribution is 2.48. The van der Waals surface area contributed by atoms with Gasteiger partial charge in [-0.2, -0.15) is 0 Å². The molecule has 18 nitrogen and oxygen atoms in total. The van der Waals surface area contributed by atoms with Gasteiger partial charge in [-0.1, -0.05) is 194 Å². The maximum atomic E-state index is 13.5. The first-order chi connectivity index (χ1) is 33.1. The van der Waals surface area contributed by atoms with E-state index in [-0.39, 0.29) is 12.8 Å². The number of nitrogens with one attached hydrogen (secondary N) is 1. The monoisotopic (exact) mass is 1020 g/mol. The number of phosphoric ester groups is 1. The minimum atomic E-state index is -5.41. The molecule has 1 heterocycles. The van der Waals surface area contributed by atoms with Crippen molar-refractivity contribution in [3.63, 3.8) is 0 Å². The number of unbranched alkanes of at least 4 members (excludes halogenated alkanes) is 27. The van der Waals surface area contributed by atoms with Crippen LogP contribution >= 0.6 is 7.82 Å². The molecule has 2 aliphatic rings. The van der Waals surface area contributed by atoms with Crippen molar-refractivity contribution < 1.29 is 83.8 Å². The lowest BCUT2D eigenvalue weighted by atomic mass is 9.84. The molecule has 1 aliphatic heterocycles. The Bertz CT molecular complexity index is 1320. The number of hydrogen-bond acceptors (Lipinski definition) is 16. The van der Waals surface area contributed by atoms with Gasteiger partial charge in [0.25, 0.3) is 0 Å². The third-order valence-corrected chi connectivity index (χ3v) is 14.9. The Kier molecular flexibility index (Phi) is 35.2. The molecule has 1 amide bonds. The van der Waals surface area contributed by atoms with E-state index in [2.05, 4.69) is 19.2 Å². The summed E-state index contributed by atoms with van der Waals surface area (Å²) in [5.74, 6) is -0.481. The number of phosphoric acid groups is 1. The van der Waals surface area contributed by atoms with Crippen LogP contribution in [0.15, 0.2) is 0 Å². The summed E-state index contributed by atoms with van der Waals surface area (Å²) in [7, 11) is -5.41. The van der Waals surface area contributed by atoms with Gasteiger partial charge < -0.3 is 70.7 Å². The van der Waals surface area contributed by atoms with Crippen molar-refractivity contribution in [2.24, 2.45) is 0 Å². The van der Waals surface area contributed by atoms with Crippen LogP contribution in [0.2, 0.25) is 0 Å². The third-order valence-electron chi connectivity index (χ3n) is 13.9. The zero-order valence-corrected chi connectivity index (χ0v) is 43.1. The molecular formula is C50H98NO17P. The number of ether oxygens (including phenoxy) is 2. The zero-order chi connectivity index (χ0) is 51.0. The highest BCUT2D eigenvalue weighted by atomic mass is 31.2. The lowest BCUT2D eigenvalue weighted by Crippen LogP contribution is -2.67. The molecule has 410 valence electrons. The Balaban J connectivity index is 1.97. The first-order valence-electron chi connectivity index (χ1n) is 27.1. The molecule has 0 radical (unpaired) electrons. The predicted molar refractivity (Wildman–Crippen MR) is 262 cm³/mol. The Morgan fingerprint density at radius 1 is 0.551 bits per heavy atom. The van der Waals surface area contributed by atoms with E-state index < -0.39 is 113 Å². The molecule has 0 aromatic heterocycles. The van der Waals surface area contributed by atoms with Crippen LogP contribution in [0.1, 0.15) is 213 Å². The molecular weight excluding hydrogens is 918 g/mol. The predicted octanol–water partition coefficient (Wildman–Crippen LogP) is 5.47. The molecule has 15 atom stereocenters. The van der Waals surface area contributed by atoms with Gasteiger partial charge in [0, 0.05) is 6.42 Å². The van der Waals surface area contributed by atoms with Gasteiger partial charge in [0.15, 0.2) is 6.29 Å². The van der Waals surface area contributed by atoms with Crippen LogP contribution < -0.4 is 5.32 Å². The minimum absolute atomic E-state index is 0.0904. The maximum absolute atomic E-state index is 13.5. The molecule has 0 aromatic rings. The summed E-state index contributed by atoms with van der Waals surface area (Å²) in [6.45, 7) is 2.73. The fourth-order valence-corrected chi connectivity index (χ4v) is 10.3. The lowest BCUT2D eigenvalue weighted by molar-refractivity contribution is -0.338. The largest absolute Gasteiger partial charge is 0.472 e. The normalized spacial score (nSPS) is 28.6. The van der Waals surface area contributed by atoms with Gasteiger partial charge in [0.2, 0.25) is 5.91 Å². The van der Waals surface area contributed by atoms with E-state index in [1.807, 2.05) is 0 Å². The summed E-state index contributed by atoms with van der Waals surface area (Å²) in [6, 6.07) is -1.41. The van der Waals surface area contributed by atoms with Crippen LogP contribution in [-0.2, 0) is 27.9 Å². The van der Waals surface area contributed by atoms with Crippen LogP contribution in [0, 0.1) is 0 Å². The first kappa shape index (κ1) is 64.2. The van der Waals surface area contributed by atoms with Gasteiger partial charge in [-0.05, 0) is 12.8 Å². The second kappa shape index (κ2) is 37.8. The summed E-state index contributed by atoms with van der Waals surface area (Å²) >= 11 is 0. The quantitative estimate of drug-likeness (QED) is 0.0266. The smallest absolute Gasteiger partial charge is 0.394 e. The maximum Gasteiger partial charge on any atom is 0.472 e. The van der Waals surface area contributed by atoms with E-state index in [0.717, 1.165) is 51.4 Å². The van der Waals surface area contributed by atoms with Crippen molar-refractivity contribution in [2.75, 3.05) is 13.2 Å². The average Bonchev–Trinajstić information content (AvgIpc) is 3.33. The second-order valence-corrected chi connectivity index (χ2v) is 21.3. The fourth-order valence-electron chi connectivity index (χ4n) is 9.30. The highest BCUT2D eigenvalue weighted by molar-refractivity contribution is 7.47. The Morgan fingerprint density at radius 2 is 0.942 bits per heavy atom. The van der Waals surface area contributed by atoms with E-state index in [0.29, 0.717) is 12.8 Å². The molecule has 0 aromatic carbocycles. The van der Waals surface area contributed by atoms with Crippen molar-refractivity contribution in [1.29, 1.82) is 0 Å². The number of carbonyl (C=O) groups excluding carboxylic acids is 1. The van der Waals surface area contributed by atoms with Crippen LogP contribution in [0.25, 0.3) is 0 Å². The standard InChI is InChI=1S/C50H98NO17P/c1-3-5-7-9-11-13-15-17-19-21-23-25-27-29-31-33-39(54)51-36(40(55)37(53)32-30-28-26-24-22-20-18-16-14-12-10-8-6-4-2)35-65-69(63,64)68-49-46(61)44(59)43(58)45(60)48(49)67-50-47(62)42(57)41(56)38(34-52)66-50/h36-38,40-50,52-53,55-62H,3-35H2,1-2H3,(H,51,54)(H,63,64)/t36-,37+,38+,40-,41+,42?,43?,44?,45+,46?,47?,48?,49-,50+/m0/s1. The van der Waals surface area contributed by atoms with E-state index in [1.54, 1.807) is 0 Å². The van der Waals surface area contributed by atoms with Gasteiger partial charge in [-0.3, -0.25) is 13.8 Å². The van der Waals surface area contributed by atoms with Gasteiger partial charge in [0.1, 0.15) is 67.1 Å². The van der Waals surface area contributed by atoms with E-state index in [4.69, 9.17) is 18.5 Å². The van der Waals surface area contributed by atoms with E-state index in [1.165, 1.54) is 122 Å². The van der Waals surface area contributed by atoms with Gasteiger partial charge in [0.05, 0.1) is 25.4 Å². The number of aliphatic hydroxyl groups excluding tert-OH is 10. The zero-order valence-electron chi connectivity index (χ0n) is 42.2. The number of hydrogen-bond donors (Lipinski definition) is 12. The van der Waals surface area contributed by atoms with Gasteiger partial charge in [-0.25, -0.2) is 4.57 Å². The number of rotatable bonds is 42. The van der Waals surface area contributed by atoms with E-state index >= 15 is 0 Å². The molecule has 0 bridgehead atoms. The van der Waals surface area contributed by atoms with Crippen molar-refractivity contribution in [1.82, 2.24) is 5.32 Å². The molecule has 1 saturated carbocycles. The highest BCUT2D eigenvalue weighted by Gasteiger charge is 2.55. The van der Waals surface area contributed by atoms with Crippen LogP contribution in [0.3, 0.4) is 0 Å². The summed E-state index contributed by atoms with van der Waals surface area (Å²) in [5, 5.41) is 108. The van der Waals surface area contributed by atoms with Gasteiger partial charge in [-0.15, -0.1) is 0 Å². The molecule has 69 heavy (non-hydrogen) atoms. The summed E-state index contributed by atoms with van der Waals surface area (Å²) in [5.41, 5.74) is 0. The molecule has 12 N–H and O–H groups in total. The Morgan fingerprint density at radius 3 is 1.38 bits per heavy atom. The van der Waals surface area contributed by atoms with Crippen molar-refractivity contribution in [3.8, 4) is 0 Å². The van der Waals surface area contributed by atoms with E-state index in [9.17, 15) is 65.3 Å². The minimum Gasteiger partial charge on any atom is -0.394 e. The van der Waals surface area contributed by atoms with Crippen molar-refractivity contribution in [3.05, 3.63) is 0 Å². The fraction of sp³-hybridized carbons (Fsp3) is 0.980. The number of amides is 1. The second-order valence-electron chi connectivity index (χ2n) is 19.9. The summed E-state index contributed by atoms with van der Waals surface area (Å²) in [4.78, 5) is 24.1. The topological polar surface area (TPSA) is 306 Å². The Hall–Kier alpha value is -0.900. The number of carbonyl (C=O) groups is 1. The first-order valence-corrected chi connectivity index (χ1v) is 28.6. The summed E-state index contributed by atoms with van der Waals surface area (Å²) < 4.78 is 34.8. The molecule has 0 spiro atoms. The SMILES string of the molecule is CCCCCCCCCCCCCCCCCC(=O)N[C@@H](COP(=O)(O)O[C@H]1C(O)C(O)C(O)[C@@H](O)C1O[C@H]1O[C@H](CO)[C@@H](O)C(O)C1O)[C@H](O)[C@H](O)CCCCCCCCCCCCCCCC. The Labute approximate surface area is 413 Å². The van der Waals surface area contributed by atoms with Crippen molar-refractivity contribution >= 4 is 13.7 Å². The molecule has 2 rings (SSSR count). The molecule has 1 aliphatic carbocycles. The molecule has 19 heteroatoms.